The molecule has 34 heavy (non-hydrogen) atoms. The zero-order chi connectivity index (χ0) is 23.2. The van der Waals surface area contributed by atoms with E-state index in [4.69, 9.17) is 0 Å². The number of aromatic nitrogens is 5. The van der Waals surface area contributed by atoms with Crippen molar-refractivity contribution in [2.45, 2.75) is 19.6 Å². The van der Waals surface area contributed by atoms with E-state index in [1.807, 2.05) is 53.3 Å². The summed E-state index contributed by atoms with van der Waals surface area (Å²) in [6.07, 6.45) is 6.92. The molecule has 2 heterocycles. The van der Waals surface area contributed by atoms with Crippen molar-refractivity contribution in [2.24, 2.45) is 0 Å². The second kappa shape index (κ2) is 9.95. The standard InChI is InChI=1S/C27H24N6O/c34-27(24-12-8-22(9-13-24)18-33-20-28-19-31-33)29-16-25-4-1-2-5-26(25)23-10-6-21(7-11-23)17-32-15-3-14-30-32/h1-15,19-20H,16-18H2,(H,29,34). The minimum absolute atomic E-state index is 0.100. The van der Waals surface area contributed by atoms with Crippen LogP contribution in [0.15, 0.2) is 104 Å². The van der Waals surface area contributed by atoms with Gasteiger partial charge in [0.1, 0.15) is 12.7 Å². The largest absolute Gasteiger partial charge is 0.348 e. The number of hydrogen-bond acceptors (Lipinski definition) is 4. The maximum atomic E-state index is 12.7. The zero-order valence-electron chi connectivity index (χ0n) is 18.6. The van der Waals surface area contributed by atoms with Gasteiger partial charge in [-0.1, -0.05) is 60.7 Å². The number of hydrogen-bond donors (Lipinski definition) is 1. The highest BCUT2D eigenvalue weighted by Gasteiger charge is 2.09. The number of carbonyl (C=O) groups is 1. The number of nitrogens with zero attached hydrogens (tertiary/aromatic N) is 5. The number of amides is 1. The molecular formula is C27H24N6O. The fraction of sp³-hybridized carbons (Fsp3) is 0.111. The quantitative estimate of drug-likeness (QED) is 0.387. The lowest BCUT2D eigenvalue weighted by molar-refractivity contribution is 0.0951. The summed E-state index contributed by atoms with van der Waals surface area (Å²) < 4.78 is 3.65. The van der Waals surface area contributed by atoms with Gasteiger partial charge in [-0.15, -0.1) is 0 Å². The molecule has 0 saturated carbocycles. The molecule has 7 nitrogen and oxygen atoms in total. The van der Waals surface area contributed by atoms with Crippen molar-refractivity contribution in [2.75, 3.05) is 0 Å². The Morgan fingerprint density at radius 1 is 0.794 bits per heavy atom. The monoisotopic (exact) mass is 448 g/mol. The van der Waals surface area contributed by atoms with Crippen molar-refractivity contribution in [1.82, 2.24) is 29.9 Å². The highest BCUT2D eigenvalue weighted by molar-refractivity contribution is 5.94. The van der Waals surface area contributed by atoms with Crippen LogP contribution in [0.25, 0.3) is 11.1 Å². The van der Waals surface area contributed by atoms with Gasteiger partial charge in [0.25, 0.3) is 5.91 Å². The summed E-state index contributed by atoms with van der Waals surface area (Å²) in [5.41, 5.74) is 6.17. The van der Waals surface area contributed by atoms with E-state index < -0.39 is 0 Å². The molecule has 0 spiro atoms. The molecule has 0 saturated heterocycles. The second-order valence-corrected chi connectivity index (χ2v) is 8.03. The molecule has 0 aliphatic rings. The third-order valence-corrected chi connectivity index (χ3v) is 5.65. The van der Waals surface area contributed by atoms with Gasteiger partial charge in [-0.25, -0.2) is 9.67 Å². The summed E-state index contributed by atoms with van der Waals surface area (Å²) in [7, 11) is 0. The highest BCUT2D eigenvalue weighted by Crippen LogP contribution is 2.24. The van der Waals surface area contributed by atoms with Crippen molar-refractivity contribution in [3.05, 3.63) is 126 Å². The van der Waals surface area contributed by atoms with Crippen molar-refractivity contribution in [3.8, 4) is 11.1 Å². The van der Waals surface area contributed by atoms with Crippen LogP contribution < -0.4 is 5.32 Å². The van der Waals surface area contributed by atoms with Gasteiger partial charge in [0.2, 0.25) is 0 Å². The fourth-order valence-electron chi connectivity index (χ4n) is 3.87. The maximum Gasteiger partial charge on any atom is 0.251 e. The molecule has 7 heteroatoms. The molecule has 0 aliphatic heterocycles. The highest BCUT2D eigenvalue weighted by atomic mass is 16.1. The summed E-state index contributed by atoms with van der Waals surface area (Å²) in [6.45, 7) is 1.81. The maximum absolute atomic E-state index is 12.7. The average Bonchev–Trinajstić information content (AvgIpc) is 3.58. The van der Waals surface area contributed by atoms with E-state index in [2.05, 4.69) is 56.9 Å². The number of nitrogens with one attached hydrogen (secondary N) is 1. The molecule has 0 aliphatic carbocycles. The summed E-state index contributed by atoms with van der Waals surface area (Å²) in [4.78, 5) is 16.7. The number of benzene rings is 3. The van der Waals surface area contributed by atoms with E-state index in [0.29, 0.717) is 18.7 Å². The van der Waals surface area contributed by atoms with Crippen LogP contribution in [-0.2, 0) is 19.6 Å². The predicted octanol–water partition coefficient (Wildman–Crippen LogP) is 4.17. The smallest absolute Gasteiger partial charge is 0.251 e. The average molecular weight is 449 g/mol. The Morgan fingerprint density at radius 3 is 2.24 bits per heavy atom. The van der Waals surface area contributed by atoms with Gasteiger partial charge in [0.15, 0.2) is 0 Å². The molecule has 3 aromatic carbocycles. The van der Waals surface area contributed by atoms with Gasteiger partial charge in [-0.2, -0.15) is 10.2 Å². The van der Waals surface area contributed by atoms with Crippen LogP contribution >= 0.6 is 0 Å². The van der Waals surface area contributed by atoms with Crippen LogP contribution in [0.2, 0.25) is 0 Å². The Morgan fingerprint density at radius 2 is 1.53 bits per heavy atom. The third-order valence-electron chi connectivity index (χ3n) is 5.65. The van der Waals surface area contributed by atoms with Crippen molar-refractivity contribution in [1.29, 1.82) is 0 Å². The van der Waals surface area contributed by atoms with Crippen LogP contribution in [0.5, 0.6) is 0 Å². The first-order chi connectivity index (χ1) is 16.7. The van der Waals surface area contributed by atoms with Crippen LogP contribution in [-0.4, -0.2) is 30.5 Å². The first-order valence-corrected chi connectivity index (χ1v) is 11.1. The van der Waals surface area contributed by atoms with Gasteiger partial charge >= 0.3 is 0 Å². The van der Waals surface area contributed by atoms with Gasteiger partial charge < -0.3 is 5.32 Å². The second-order valence-electron chi connectivity index (χ2n) is 8.03. The lowest BCUT2D eigenvalue weighted by atomic mass is 9.98. The molecule has 1 amide bonds. The Bertz CT molecular complexity index is 1340. The minimum Gasteiger partial charge on any atom is -0.348 e. The van der Waals surface area contributed by atoms with E-state index in [-0.39, 0.29) is 5.91 Å². The first kappa shape index (κ1) is 21.3. The molecule has 0 fully saturated rings. The summed E-state index contributed by atoms with van der Waals surface area (Å²) >= 11 is 0. The molecule has 0 radical (unpaired) electrons. The Hall–Kier alpha value is -4.52. The zero-order valence-corrected chi connectivity index (χ0v) is 18.6. The molecule has 5 aromatic rings. The molecule has 0 bridgehead atoms. The summed E-state index contributed by atoms with van der Waals surface area (Å²) in [5.74, 6) is -0.100. The van der Waals surface area contributed by atoms with Gasteiger partial charge in [0.05, 0.1) is 13.1 Å². The van der Waals surface area contributed by atoms with Crippen molar-refractivity contribution < 1.29 is 4.79 Å². The SMILES string of the molecule is O=C(NCc1ccccc1-c1ccc(Cn2cccn2)cc1)c1ccc(Cn2cncn2)cc1. The van der Waals surface area contributed by atoms with E-state index in [1.54, 1.807) is 17.2 Å². The van der Waals surface area contributed by atoms with E-state index in [0.717, 1.165) is 28.8 Å². The van der Waals surface area contributed by atoms with Crippen LogP contribution in [0, 0.1) is 0 Å². The summed E-state index contributed by atoms with van der Waals surface area (Å²) in [6, 6.07) is 26.1. The van der Waals surface area contributed by atoms with E-state index in [1.165, 1.54) is 11.9 Å². The topological polar surface area (TPSA) is 77.6 Å². The van der Waals surface area contributed by atoms with Crippen molar-refractivity contribution >= 4 is 5.91 Å². The van der Waals surface area contributed by atoms with Crippen LogP contribution in [0.4, 0.5) is 0 Å². The van der Waals surface area contributed by atoms with Crippen LogP contribution in [0.1, 0.15) is 27.0 Å². The lowest BCUT2D eigenvalue weighted by Crippen LogP contribution is -2.23. The van der Waals surface area contributed by atoms with Crippen LogP contribution in [0.3, 0.4) is 0 Å². The Kier molecular flexibility index (Phi) is 6.25. The van der Waals surface area contributed by atoms with Gasteiger partial charge in [-0.3, -0.25) is 9.48 Å². The number of carbonyl (C=O) groups excluding carboxylic acids is 1. The fourth-order valence-corrected chi connectivity index (χ4v) is 3.87. The van der Waals surface area contributed by atoms with Gasteiger partial charge in [-0.05, 0) is 46.0 Å². The molecule has 0 atom stereocenters. The van der Waals surface area contributed by atoms with Crippen molar-refractivity contribution in [3.63, 3.8) is 0 Å². The third kappa shape index (κ3) is 5.10. The van der Waals surface area contributed by atoms with E-state index >= 15 is 0 Å². The van der Waals surface area contributed by atoms with E-state index in [9.17, 15) is 4.79 Å². The molecule has 1 N–H and O–H groups in total. The normalized spacial score (nSPS) is 10.8. The number of rotatable bonds is 8. The van der Waals surface area contributed by atoms with Gasteiger partial charge in [0, 0.05) is 24.5 Å². The minimum atomic E-state index is -0.100. The molecule has 5 rings (SSSR count). The lowest BCUT2D eigenvalue weighted by Gasteiger charge is -2.12. The molecule has 0 unspecified atom stereocenters. The Balaban J connectivity index is 1.23. The summed E-state index contributed by atoms with van der Waals surface area (Å²) in [5, 5.41) is 11.4. The first-order valence-electron chi connectivity index (χ1n) is 11.1. The molecule has 2 aromatic heterocycles. The predicted molar refractivity (Wildman–Crippen MR) is 130 cm³/mol. The molecular weight excluding hydrogens is 424 g/mol. The Labute approximate surface area is 197 Å². The molecule has 168 valence electrons.